The molecular weight excluding hydrogens is 266 g/mol. The molecule has 1 aliphatic rings. The lowest BCUT2D eigenvalue weighted by Gasteiger charge is -2.22. The first-order valence-electron chi connectivity index (χ1n) is 8.12. The van der Waals surface area contributed by atoms with Crippen LogP contribution < -0.4 is 10.6 Å². The van der Waals surface area contributed by atoms with Gasteiger partial charge in [0.2, 0.25) is 5.95 Å². The molecule has 6 nitrogen and oxygen atoms in total. The molecule has 0 saturated carbocycles. The van der Waals surface area contributed by atoms with Crippen LogP contribution >= 0.6 is 0 Å². The van der Waals surface area contributed by atoms with E-state index in [1.165, 1.54) is 0 Å². The Morgan fingerprint density at radius 3 is 2.62 bits per heavy atom. The zero-order valence-corrected chi connectivity index (χ0v) is 13.2. The van der Waals surface area contributed by atoms with Gasteiger partial charge in [-0.15, -0.1) is 5.10 Å². The summed E-state index contributed by atoms with van der Waals surface area (Å²) in [7, 11) is 0. The van der Waals surface area contributed by atoms with Gasteiger partial charge in [-0.1, -0.05) is 13.8 Å². The van der Waals surface area contributed by atoms with Gasteiger partial charge in [-0.25, -0.2) is 4.98 Å². The smallest absolute Gasteiger partial charge is 0.242 e. The van der Waals surface area contributed by atoms with Crippen LogP contribution in [-0.4, -0.2) is 47.5 Å². The van der Waals surface area contributed by atoms with Crippen LogP contribution in [0.2, 0.25) is 0 Å². The van der Waals surface area contributed by atoms with Crippen LogP contribution in [0.4, 0.5) is 5.95 Å². The SMILES string of the molecule is CCc1nnc(NCCCOC2CCNCC2)nc1CC. The first-order valence-corrected chi connectivity index (χ1v) is 8.12. The van der Waals surface area contributed by atoms with Crippen LogP contribution in [0.3, 0.4) is 0 Å². The summed E-state index contributed by atoms with van der Waals surface area (Å²) in [6, 6.07) is 0. The van der Waals surface area contributed by atoms with Crippen LogP contribution in [0.25, 0.3) is 0 Å². The van der Waals surface area contributed by atoms with Crippen molar-refractivity contribution in [2.75, 3.05) is 31.6 Å². The molecule has 1 aliphatic heterocycles. The van der Waals surface area contributed by atoms with Gasteiger partial charge in [-0.05, 0) is 45.2 Å². The van der Waals surface area contributed by atoms with E-state index >= 15 is 0 Å². The van der Waals surface area contributed by atoms with Crippen molar-refractivity contribution >= 4 is 5.95 Å². The monoisotopic (exact) mass is 293 g/mol. The molecule has 0 unspecified atom stereocenters. The largest absolute Gasteiger partial charge is 0.378 e. The minimum atomic E-state index is 0.430. The Hall–Kier alpha value is -1.27. The zero-order chi connectivity index (χ0) is 14.9. The number of rotatable bonds is 8. The van der Waals surface area contributed by atoms with Gasteiger partial charge in [0.05, 0.1) is 17.5 Å². The van der Waals surface area contributed by atoms with Crippen LogP contribution in [0.15, 0.2) is 0 Å². The summed E-state index contributed by atoms with van der Waals surface area (Å²) in [5.41, 5.74) is 2.04. The lowest BCUT2D eigenvalue weighted by Crippen LogP contribution is -2.32. The van der Waals surface area contributed by atoms with E-state index in [4.69, 9.17) is 4.74 Å². The fourth-order valence-electron chi connectivity index (χ4n) is 2.50. The zero-order valence-electron chi connectivity index (χ0n) is 13.2. The molecule has 2 N–H and O–H groups in total. The van der Waals surface area contributed by atoms with Crippen molar-refractivity contribution in [3.05, 3.63) is 11.4 Å². The van der Waals surface area contributed by atoms with Crippen LogP contribution in [0.5, 0.6) is 0 Å². The van der Waals surface area contributed by atoms with E-state index in [9.17, 15) is 0 Å². The van der Waals surface area contributed by atoms with E-state index in [0.29, 0.717) is 12.1 Å². The lowest BCUT2D eigenvalue weighted by molar-refractivity contribution is 0.0329. The molecule has 2 rings (SSSR count). The lowest BCUT2D eigenvalue weighted by atomic mass is 10.1. The van der Waals surface area contributed by atoms with Crippen molar-refractivity contribution in [2.24, 2.45) is 0 Å². The average molecular weight is 293 g/mol. The number of ether oxygens (including phenoxy) is 1. The average Bonchev–Trinajstić information content (AvgIpc) is 2.55. The summed E-state index contributed by atoms with van der Waals surface area (Å²) in [5.74, 6) is 0.630. The van der Waals surface area contributed by atoms with Gasteiger partial charge in [0.1, 0.15) is 0 Å². The van der Waals surface area contributed by atoms with Gasteiger partial charge < -0.3 is 15.4 Å². The topological polar surface area (TPSA) is 72.0 Å². The third kappa shape index (κ3) is 5.21. The second kappa shape index (κ2) is 8.89. The fourth-order valence-corrected chi connectivity index (χ4v) is 2.50. The molecule has 1 aromatic rings. The highest BCUT2D eigenvalue weighted by atomic mass is 16.5. The molecule has 0 radical (unpaired) electrons. The van der Waals surface area contributed by atoms with Gasteiger partial charge in [0, 0.05) is 13.2 Å². The highest BCUT2D eigenvalue weighted by molar-refractivity contribution is 5.25. The number of hydrogen-bond donors (Lipinski definition) is 2. The van der Waals surface area contributed by atoms with Crippen LogP contribution in [0.1, 0.15) is 44.5 Å². The maximum atomic E-state index is 5.87. The molecular formula is C15H27N5O. The molecule has 1 saturated heterocycles. The first kappa shape index (κ1) is 16.1. The third-order valence-electron chi connectivity index (χ3n) is 3.75. The van der Waals surface area contributed by atoms with E-state index in [1.54, 1.807) is 0 Å². The molecule has 1 aromatic heterocycles. The van der Waals surface area contributed by atoms with Gasteiger partial charge in [0.25, 0.3) is 0 Å². The van der Waals surface area contributed by atoms with Gasteiger partial charge in [-0.2, -0.15) is 5.10 Å². The fraction of sp³-hybridized carbons (Fsp3) is 0.800. The second-order valence-electron chi connectivity index (χ2n) is 5.34. The van der Waals surface area contributed by atoms with Gasteiger partial charge >= 0.3 is 0 Å². The van der Waals surface area contributed by atoms with Gasteiger partial charge in [-0.3, -0.25) is 0 Å². The summed E-state index contributed by atoms with van der Waals surface area (Å²) in [4.78, 5) is 4.52. The molecule has 0 spiro atoms. The van der Waals surface area contributed by atoms with Gasteiger partial charge in [0.15, 0.2) is 0 Å². The summed E-state index contributed by atoms with van der Waals surface area (Å²) < 4.78 is 5.87. The normalized spacial score (nSPS) is 16.1. The first-order chi connectivity index (χ1) is 10.3. The van der Waals surface area contributed by atoms with E-state index in [2.05, 4.69) is 39.7 Å². The predicted molar refractivity (Wildman–Crippen MR) is 83.5 cm³/mol. The number of aryl methyl sites for hydroxylation is 2. The van der Waals surface area contributed by atoms with Crippen molar-refractivity contribution < 1.29 is 4.74 Å². The van der Waals surface area contributed by atoms with E-state index in [-0.39, 0.29) is 0 Å². The molecule has 6 heteroatoms. The molecule has 118 valence electrons. The minimum absolute atomic E-state index is 0.430. The van der Waals surface area contributed by atoms with E-state index in [0.717, 1.165) is 69.7 Å². The number of nitrogens with one attached hydrogen (secondary N) is 2. The number of anilines is 1. The van der Waals surface area contributed by atoms with Crippen LogP contribution in [0, 0.1) is 0 Å². The standard InChI is InChI=1S/C15H27N5O/c1-3-13-14(4-2)19-20-15(18-13)17-8-5-11-21-12-6-9-16-10-7-12/h12,16H,3-11H2,1-2H3,(H,17,18,20). The minimum Gasteiger partial charge on any atom is -0.378 e. The summed E-state index contributed by atoms with van der Waals surface area (Å²) in [6.45, 7) is 7.94. The molecule has 0 bridgehead atoms. The maximum absolute atomic E-state index is 5.87. The van der Waals surface area contributed by atoms with Crippen LogP contribution in [-0.2, 0) is 17.6 Å². The predicted octanol–water partition coefficient (Wildman–Crippen LogP) is 1.57. The second-order valence-corrected chi connectivity index (χ2v) is 5.34. The number of aromatic nitrogens is 3. The molecule has 1 fully saturated rings. The highest BCUT2D eigenvalue weighted by Crippen LogP contribution is 2.08. The van der Waals surface area contributed by atoms with E-state index in [1.807, 2.05) is 0 Å². The molecule has 0 atom stereocenters. The third-order valence-corrected chi connectivity index (χ3v) is 3.75. The summed E-state index contributed by atoms with van der Waals surface area (Å²) in [5, 5.41) is 14.9. The number of hydrogen-bond acceptors (Lipinski definition) is 6. The summed E-state index contributed by atoms with van der Waals surface area (Å²) in [6.07, 6.45) is 5.42. The molecule has 0 aromatic carbocycles. The number of nitrogens with zero attached hydrogens (tertiary/aromatic N) is 3. The highest BCUT2D eigenvalue weighted by Gasteiger charge is 2.12. The number of piperidine rings is 1. The maximum Gasteiger partial charge on any atom is 0.242 e. The Balaban J connectivity index is 1.66. The molecule has 0 amide bonds. The molecule has 21 heavy (non-hydrogen) atoms. The Morgan fingerprint density at radius 1 is 1.14 bits per heavy atom. The van der Waals surface area contributed by atoms with Crippen molar-refractivity contribution in [1.29, 1.82) is 0 Å². The van der Waals surface area contributed by atoms with Crippen molar-refractivity contribution in [3.63, 3.8) is 0 Å². The quantitative estimate of drug-likeness (QED) is 0.709. The van der Waals surface area contributed by atoms with Crippen molar-refractivity contribution in [1.82, 2.24) is 20.5 Å². The summed E-state index contributed by atoms with van der Waals surface area (Å²) >= 11 is 0. The Bertz CT molecular complexity index is 421. The van der Waals surface area contributed by atoms with E-state index < -0.39 is 0 Å². The molecule has 0 aliphatic carbocycles. The van der Waals surface area contributed by atoms with Crippen molar-refractivity contribution in [2.45, 2.75) is 52.1 Å². The Kier molecular flexibility index (Phi) is 6.82. The Morgan fingerprint density at radius 2 is 1.90 bits per heavy atom. The molecule has 2 heterocycles. The Labute approximate surface area is 127 Å². The van der Waals surface area contributed by atoms with Crippen molar-refractivity contribution in [3.8, 4) is 0 Å².